The van der Waals surface area contributed by atoms with Gasteiger partial charge in [0.15, 0.2) is 17.3 Å². The SMILES string of the molecule is CCc1c(N2CCN(C(=O)c3ncnc(C)c3OCc3ccccc3)CC2)c(=O)n2nc(C3=CCOCC3)nc2n1CC(=O)Nc1scc(C(F)(F)F)c1Cl. The topological polar surface area (TPSA) is 149 Å². The molecule has 6 heterocycles. The predicted octanol–water partition coefficient (Wildman–Crippen LogP) is 5.27. The third-order valence-electron chi connectivity index (χ3n) is 9.30. The molecule has 55 heavy (non-hydrogen) atoms. The monoisotopic (exact) mass is 797 g/mol. The number of anilines is 2. The number of hydrogen-bond donors (Lipinski definition) is 1. The first kappa shape index (κ1) is 38.0. The summed E-state index contributed by atoms with van der Waals surface area (Å²) in [6, 6.07) is 9.52. The van der Waals surface area contributed by atoms with Gasteiger partial charge in [0.2, 0.25) is 11.7 Å². The van der Waals surface area contributed by atoms with E-state index in [1.54, 1.807) is 16.4 Å². The van der Waals surface area contributed by atoms with Gasteiger partial charge in [0, 0.05) is 31.6 Å². The van der Waals surface area contributed by atoms with Crippen LogP contribution in [0.1, 0.15) is 52.2 Å². The van der Waals surface area contributed by atoms with Crippen molar-refractivity contribution < 1.29 is 32.2 Å². The number of alkyl halides is 3. The number of hydrogen-bond acceptors (Lipinski definition) is 11. The van der Waals surface area contributed by atoms with E-state index in [1.165, 1.54) is 6.33 Å². The number of aryl methyl sites for hydroxylation is 1. The largest absolute Gasteiger partial charge is 0.485 e. The number of piperazine rings is 1. The van der Waals surface area contributed by atoms with Gasteiger partial charge in [-0.25, -0.2) is 9.97 Å². The molecule has 2 amide bonds. The third kappa shape index (κ3) is 7.79. The third-order valence-corrected chi connectivity index (χ3v) is 10.7. The molecule has 0 bridgehead atoms. The van der Waals surface area contributed by atoms with Crippen molar-refractivity contribution in [1.82, 2.24) is 34.0 Å². The molecule has 2 aliphatic rings. The second-order valence-corrected chi connectivity index (χ2v) is 14.0. The predicted molar refractivity (Wildman–Crippen MR) is 199 cm³/mol. The van der Waals surface area contributed by atoms with E-state index in [1.807, 2.05) is 48.2 Å². The lowest BCUT2D eigenvalue weighted by molar-refractivity contribution is -0.137. The maximum absolute atomic E-state index is 14.3. The molecule has 1 fully saturated rings. The molecule has 0 aliphatic carbocycles. The van der Waals surface area contributed by atoms with Crippen LogP contribution in [-0.4, -0.2) is 85.2 Å². The van der Waals surface area contributed by atoms with E-state index in [0.29, 0.717) is 53.9 Å². The Morgan fingerprint density at radius 1 is 1.11 bits per heavy atom. The van der Waals surface area contributed by atoms with Crippen LogP contribution in [0.2, 0.25) is 5.02 Å². The van der Waals surface area contributed by atoms with Gasteiger partial charge in [-0.3, -0.25) is 14.4 Å². The average molecular weight is 798 g/mol. The summed E-state index contributed by atoms with van der Waals surface area (Å²) in [5.41, 5.74) is 1.56. The Hall–Kier alpha value is -5.33. The first-order chi connectivity index (χ1) is 26.4. The highest BCUT2D eigenvalue weighted by molar-refractivity contribution is 7.15. The van der Waals surface area contributed by atoms with Gasteiger partial charge in [-0.2, -0.15) is 22.7 Å². The van der Waals surface area contributed by atoms with E-state index in [4.69, 9.17) is 21.1 Å². The van der Waals surface area contributed by atoms with Crippen molar-refractivity contribution in [2.75, 3.05) is 49.6 Å². The van der Waals surface area contributed by atoms with Crippen LogP contribution >= 0.6 is 22.9 Å². The molecule has 1 N–H and O–H groups in total. The molecular formula is C36H35ClF3N9O5S. The highest BCUT2D eigenvalue weighted by Crippen LogP contribution is 2.42. The number of halogens is 4. The molecule has 19 heteroatoms. The highest BCUT2D eigenvalue weighted by atomic mass is 35.5. The van der Waals surface area contributed by atoms with E-state index < -0.39 is 34.8 Å². The number of ether oxygens (including phenoxy) is 2. The first-order valence-corrected chi connectivity index (χ1v) is 18.7. The average Bonchev–Trinajstić information content (AvgIpc) is 3.80. The van der Waals surface area contributed by atoms with E-state index in [0.717, 1.165) is 21.0 Å². The molecule has 0 atom stereocenters. The minimum atomic E-state index is -4.69. The van der Waals surface area contributed by atoms with Crippen LogP contribution in [0, 0.1) is 6.92 Å². The van der Waals surface area contributed by atoms with Crippen LogP contribution in [0.4, 0.5) is 23.9 Å². The van der Waals surface area contributed by atoms with E-state index in [-0.39, 0.29) is 67.3 Å². The number of nitrogens with zero attached hydrogens (tertiary/aromatic N) is 8. The fourth-order valence-electron chi connectivity index (χ4n) is 6.52. The van der Waals surface area contributed by atoms with Crippen molar-refractivity contribution in [3.8, 4) is 5.75 Å². The molecule has 7 rings (SSSR count). The molecule has 2 aliphatic heterocycles. The van der Waals surface area contributed by atoms with E-state index in [2.05, 4.69) is 25.4 Å². The van der Waals surface area contributed by atoms with Crippen molar-refractivity contribution in [3.63, 3.8) is 0 Å². The second-order valence-electron chi connectivity index (χ2n) is 12.8. The van der Waals surface area contributed by atoms with Gasteiger partial charge in [-0.15, -0.1) is 16.4 Å². The lowest BCUT2D eigenvalue weighted by atomic mass is 10.1. The molecular weight excluding hydrogens is 763 g/mol. The molecule has 1 aromatic carbocycles. The van der Waals surface area contributed by atoms with Crippen LogP contribution < -0.4 is 20.5 Å². The van der Waals surface area contributed by atoms with Crippen molar-refractivity contribution in [2.45, 2.75) is 46.0 Å². The summed E-state index contributed by atoms with van der Waals surface area (Å²) in [7, 11) is 0. The molecule has 1 saturated heterocycles. The summed E-state index contributed by atoms with van der Waals surface area (Å²) in [6.45, 7) is 5.14. The minimum Gasteiger partial charge on any atom is -0.485 e. The Morgan fingerprint density at radius 2 is 1.87 bits per heavy atom. The maximum Gasteiger partial charge on any atom is 0.418 e. The fourth-order valence-corrected chi connectivity index (χ4v) is 7.80. The summed E-state index contributed by atoms with van der Waals surface area (Å²) in [5.74, 6) is -0.351. The van der Waals surface area contributed by atoms with Gasteiger partial charge in [0.05, 0.1) is 35.2 Å². The quantitative estimate of drug-likeness (QED) is 0.198. The summed E-state index contributed by atoms with van der Waals surface area (Å²) in [4.78, 5) is 58.3. The lowest BCUT2D eigenvalue weighted by Gasteiger charge is -2.36. The number of carbonyl (C=O) groups is 2. The van der Waals surface area contributed by atoms with Crippen molar-refractivity contribution in [3.05, 3.63) is 97.5 Å². The van der Waals surface area contributed by atoms with E-state index >= 15 is 0 Å². The fraction of sp³-hybridized carbons (Fsp3) is 0.361. The van der Waals surface area contributed by atoms with Crippen LogP contribution in [-0.2, 0) is 35.3 Å². The Labute approximate surface area is 321 Å². The molecule has 0 radical (unpaired) electrons. The van der Waals surface area contributed by atoms with E-state index in [9.17, 15) is 27.6 Å². The Balaban J connectivity index is 1.18. The standard InChI is InChI=1S/C36H35ClF3N9O5S/c1-3-25-29(46-11-13-47(14-12-46)33(51)28-30(21(2)41-20-42-28)54-18-22-7-5-4-6-8-22)34(52)49-35(44-31(45-49)23-9-15-53-16-10-23)48(25)17-26(50)43-32-27(37)24(19-55-32)36(38,39)40/h4-9,19-20H,3,10-18H2,1-2H3,(H,43,50). The number of thiophene rings is 1. The lowest BCUT2D eigenvalue weighted by Crippen LogP contribution is -2.51. The number of fused-ring (bicyclic) bond motifs is 1. The molecule has 14 nitrogen and oxygen atoms in total. The number of aromatic nitrogens is 6. The minimum absolute atomic E-state index is 0.0902. The number of carbonyl (C=O) groups excluding carboxylic acids is 2. The van der Waals surface area contributed by atoms with Gasteiger partial charge in [-0.05, 0) is 30.9 Å². The summed E-state index contributed by atoms with van der Waals surface area (Å²) < 4.78 is 54.4. The highest BCUT2D eigenvalue weighted by Gasteiger charge is 2.36. The zero-order valence-electron chi connectivity index (χ0n) is 29.7. The maximum atomic E-state index is 14.3. The van der Waals surface area contributed by atoms with Crippen molar-refractivity contribution >= 4 is 56.8 Å². The smallest absolute Gasteiger partial charge is 0.418 e. The molecule has 5 aromatic rings. The number of benzene rings is 1. The van der Waals surface area contributed by atoms with Gasteiger partial charge in [-0.1, -0.05) is 54.9 Å². The van der Waals surface area contributed by atoms with Gasteiger partial charge < -0.3 is 29.2 Å². The van der Waals surface area contributed by atoms with Crippen LogP contribution in [0.5, 0.6) is 5.75 Å². The van der Waals surface area contributed by atoms with Gasteiger partial charge >= 0.3 is 6.18 Å². The number of rotatable bonds is 10. The Bertz CT molecular complexity index is 2340. The first-order valence-electron chi connectivity index (χ1n) is 17.4. The number of amides is 2. The zero-order valence-corrected chi connectivity index (χ0v) is 31.3. The molecule has 4 aromatic heterocycles. The summed E-state index contributed by atoms with van der Waals surface area (Å²) in [6.07, 6.45) is -0.750. The molecule has 288 valence electrons. The zero-order chi connectivity index (χ0) is 38.9. The van der Waals surface area contributed by atoms with Gasteiger partial charge in [0.1, 0.15) is 30.2 Å². The molecule has 0 unspecified atom stereocenters. The van der Waals surface area contributed by atoms with Crippen molar-refractivity contribution in [2.24, 2.45) is 0 Å². The normalized spacial score (nSPS) is 15.0. The van der Waals surface area contributed by atoms with Gasteiger partial charge in [0.25, 0.3) is 11.5 Å². The van der Waals surface area contributed by atoms with Crippen molar-refractivity contribution in [1.29, 1.82) is 0 Å². The Morgan fingerprint density at radius 3 is 2.55 bits per heavy atom. The second kappa shape index (κ2) is 15.8. The van der Waals surface area contributed by atoms with Crippen LogP contribution in [0.15, 0.2) is 52.9 Å². The van der Waals surface area contributed by atoms with Crippen LogP contribution in [0.25, 0.3) is 11.4 Å². The summed E-state index contributed by atoms with van der Waals surface area (Å²) in [5, 5.41) is 7.13. The Kier molecular flexibility index (Phi) is 10.9. The molecule has 0 spiro atoms. The summed E-state index contributed by atoms with van der Waals surface area (Å²) >= 11 is 6.67. The molecule has 0 saturated carbocycles. The van der Waals surface area contributed by atoms with Crippen LogP contribution in [0.3, 0.4) is 0 Å². The number of nitrogens with one attached hydrogen (secondary N) is 1.